The largest absolute Gasteiger partial charge is 0.481 e. The van der Waals surface area contributed by atoms with Crippen molar-refractivity contribution in [3.05, 3.63) is 71.4 Å². The number of methoxy groups -OCH3 is 1. The van der Waals surface area contributed by atoms with Crippen molar-refractivity contribution in [2.24, 2.45) is 0 Å². The van der Waals surface area contributed by atoms with Gasteiger partial charge in [0, 0.05) is 18.8 Å². The van der Waals surface area contributed by atoms with Gasteiger partial charge in [-0.1, -0.05) is 18.2 Å². The fraction of sp³-hybridized carbons (Fsp3) is 0.167. The van der Waals surface area contributed by atoms with E-state index in [1.54, 1.807) is 44.5 Å². The zero-order chi connectivity index (χ0) is 17.8. The quantitative estimate of drug-likeness (QED) is 0.775. The average molecular weight is 340 g/mol. The first-order valence-electron chi connectivity index (χ1n) is 7.67. The molecule has 0 saturated carbocycles. The van der Waals surface area contributed by atoms with Gasteiger partial charge in [0.25, 0.3) is 5.91 Å². The summed E-state index contributed by atoms with van der Waals surface area (Å²) in [5.74, 6) is -0.169. The van der Waals surface area contributed by atoms with Crippen LogP contribution in [0, 0.1) is 12.7 Å². The zero-order valence-corrected chi connectivity index (χ0v) is 13.9. The van der Waals surface area contributed by atoms with Gasteiger partial charge in [0.1, 0.15) is 11.5 Å². The summed E-state index contributed by atoms with van der Waals surface area (Å²) >= 11 is 0. The molecule has 0 unspecified atom stereocenters. The van der Waals surface area contributed by atoms with Crippen LogP contribution in [0.1, 0.15) is 21.6 Å². The molecule has 25 heavy (non-hydrogen) atoms. The summed E-state index contributed by atoms with van der Waals surface area (Å²) in [6.07, 6.45) is 3.07. The van der Waals surface area contributed by atoms with E-state index in [-0.39, 0.29) is 5.91 Å². The predicted molar refractivity (Wildman–Crippen MR) is 90.2 cm³/mol. The van der Waals surface area contributed by atoms with E-state index in [0.29, 0.717) is 29.4 Å². The van der Waals surface area contributed by atoms with Gasteiger partial charge in [-0.15, -0.1) is 0 Å². The minimum atomic E-state index is -0.398. The molecular weight excluding hydrogens is 323 g/mol. The van der Waals surface area contributed by atoms with Crippen molar-refractivity contribution in [1.82, 2.24) is 20.1 Å². The summed E-state index contributed by atoms with van der Waals surface area (Å²) in [6, 6.07) is 9.84. The standard InChI is InChI=1S/C18H17FN4O2/c1-12-14(11-22-23(12)16-6-4-3-5-15(16)19)18(24)21-10-13-7-8-17(25-2)20-9-13/h3-9,11H,10H2,1-2H3,(H,21,24). The molecule has 2 heterocycles. The van der Waals surface area contributed by atoms with Gasteiger partial charge in [0.2, 0.25) is 5.88 Å². The molecule has 6 nitrogen and oxygen atoms in total. The first-order chi connectivity index (χ1) is 12.1. The van der Waals surface area contributed by atoms with Gasteiger partial charge in [0.05, 0.1) is 24.6 Å². The second kappa shape index (κ2) is 7.12. The molecule has 3 aromatic rings. The molecule has 7 heteroatoms. The number of aromatic nitrogens is 3. The molecule has 0 atom stereocenters. The second-order valence-corrected chi connectivity index (χ2v) is 5.40. The van der Waals surface area contributed by atoms with Crippen molar-refractivity contribution < 1.29 is 13.9 Å². The lowest BCUT2D eigenvalue weighted by atomic mass is 10.2. The molecule has 0 aliphatic heterocycles. The summed E-state index contributed by atoms with van der Waals surface area (Å²) in [5, 5.41) is 6.94. The maximum Gasteiger partial charge on any atom is 0.255 e. The molecule has 0 fully saturated rings. The van der Waals surface area contributed by atoms with Crippen LogP contribution in [0.3, 0.4) is 0 Å². The van der Waals surface area contributed by atoms with Gasteiger partial charge in [-0.05, 0) is 24.6 Å². The van der Waals surface area contributed by atoms with Gasteiger partial charge in [-0.25, -0.2) is 14.1 Å². The lowest BCUT2D eigenvalue weighted by molar-refractivity contribution is 0.0950. The van der Waals surface area contributed by atoms with Crippen molar-refractivity contribution in [1.29, 1.82) is 0 Å². The Morgan fingerprint density at radius 2 is 2.04 bits per heavy atom. The van der Waals surface area contributed by atoms with E-state index in [1.807, 2.05) is 6.07 Å². The first kappa shape index (κ1) is 16.6. The van der Waals surface area contributed by atoms with Crippen LogP contribution in [0.5, 0.6) is 5.88 Å². The van der Waals surface area contributed by atoms with Crippen LogP contribution in [0.4, 0.5) is 4.39 Å². The number of para-hydroxylation sites is 1. The van der Waals surface area contributed by atoms with Crippen molar-refractivity contribution >= 4 is 5.91 Å². The molecule has 0 aliphatic rings. The minimum absolute atomic E-state index is 0.282. The number of nitrogens with zero attached hydrogens (tertiary/aromatic N) is 3. The number of hydrogen-bond donors (Lipinski definition) is 1. The Morgan fingerprint density at radius 3 is 2.72 bits per heavy atom. The number of nitrogens with one attached hydrogen (secondary N) is 1. The summed E-state index contributed by atoms with van der Waals surface area (Å²) < 4.78 is 20.3. The Morgan fingerprint density at radius 1 is 1.24 bits per heavy atom. The van der Waals surface area contributed by atoms with Crippen LogP contribution in [0.15, 0.2) is 48.8 Å². The van der Waals surface area contributed by atoms with Crippen LogP contribution in [0.25, 0.3) is 5.69 Å². The molecule has 128 valence electrons. The van der Waals surface area contributed by atoms with Crippen molar-refractivity contribution in [2.75, 3.05) is 7.11 Å². The molecule has 3 rings (SSSR count). The van der Waals surface area contributed by atoms with E-state index in [4.69, 9.17) is 4.74 Å². The monoisotopic (exact) mass is 340 g/mol. The van der Waals surface area contributed by atoms with Gasteiger partial charge >= 0.3 is 0 Å². The minimum Gasteiger partial charge on any atom is -0.481 e. The molecule has 2 aromatic heterocycles. The fourth-order valence-corrected chi connectivity index (χ4v) is 2.41. The first-order valence-corrected chi connectivity index (χ1v) is 7.67. The third-order valence-corrected chi connectivity index (χ3v) is 3.79. The summed E-state index contributed by atoms with van der Waals surface area (Å²) in [6.45, 7) is 2.05. The van der Waals surface area contributed by atoms with Gasteiger partial charge in [0.15, 0.2) is 0 Å². The van der Waals surface area contributed by atoms with E-state index in [0.717, 1.165) is 5.56 Å². The Hall–Kier alpha value is -3.22. The Labute approximate surface area is 144 Å². The highest BCUT2D eigenvalue weighted by molar-refractivity contribution is 5.95. The van der Waals surface area contributed by atoms with E-state index in [1.165, 1.54) is 16.9 Å². The smallest absolute Gasteiger partial charge is 0.255 e. The van der Waals surface area contributed by atoms with Gasteiger partial charge < -0.3 is 10.1 Å². The molecule has 0 bridgehead atoms. The molecule has 1 amide bonds. The highest BCUT2D eigenvalue weighted by Gasteiger charge is 2.16. The number of rotatable bonds is 5. The van der Waals surface area contributed by atoms with E-state index in [2.05, 4.69) is 15.4 Å². The van der Waals surface area contributed by atoms with E-state index >= 15 is 0 Å². The molecule has 0 saturated heterocycles. The number of carbonyl (C=O) groups excluding carboxylic acids is 1. The third-order valence-electron chi connectivity index (χ3n) is 3.79. The molecular formula is C18H17FN4O2. The van der Waals surface area contributed by atoms with E-state index in [9.17, 15) is 9.18 Å². The number of amides is 1. The third kappa shape index (κ3) is 3.50. The number of ether oxygens (including phenoxy) is 1. The highest BCUT2D eigenvalue weighted by atomic mass is 19.1. The Kier molecular flexibility index (Phi) is 4.74. The number of benzene rings is 1. The van der Waals surface area contributed by atoms with Crippen LogP contribution in [-0.4, -0.2) is 27.8 Å². The second-order valence-electron chi connectivity index (χ2n) is 5.40. The van der Waals surface area contributed by atoms with Crippen LogP contribution in [-0.2, 0) is 6.54 Å². The fourth-order valence-electron chi connectivity index (χ4n) is 2.41. The van der Waals surface area contributed by atoms with Crippen LogP contribution in [0.2, 0.25) is 0 Å². The number of halogens is 1. The highest BCUT2D eigenvalue weighted by Crippen LogP contribution is 2.17. The number of pyridine rings is 1. The normalized spacial score (nSPS) is 10.5. The maximum absolute atomic E-state index is 13.9. The summed E-state index contributed by atoms with van der Waals surface area (Å²) in [7, 11) is 1.54. The summed E-state index contributed by atoms with van der Waals surface area (Å²) in [4.78, 5) is 16.5. The Balaban J connectivity index is 1.73. The van der Waals surface area contributed by atoms with E-state index < -0.39 is 5.82 Å². The molecule has 0 aliphatic carbocycles. The average Bonchev–Trinajstić information content (AvgIpc) is 3.02. The van der Waals surface area contributed by atoms with Crippen LogP contribution < -0.4 is 10.1 Å². The van der Waals surface area contributed by atoms with Crippen molar-refractivity contribution in [3.63, 3.8) is 0 Å². The van der Waals surface area contributed by atoms with Gasteiger partial charge in [-0.3, -0.25) is 4.79 Å². The molecule has 0 spiro atoms. The Bertz CT molecular complexity index is 890. The molecule has 0 radical (unpaired) electrons. The SMILES string of the molecule is COc1ccc(CNC(=O)c2cnn(-c3ccccc3F)c2C)cn1. The summed E-state index contributed by atoms with van der Waals surface area (Å²) in [5.41, 5.74) is 2.10. The van der Waals surface area contributed by atoms with Crippen LogP contribution >= 0.6 is 0 Å². The lowest BCUT2D eigenvalue weighted by Gasteiger charge is -2.07. The van der Waals surface area contributed by atoms with Crippen molar-refractivity contribution in [3.8, 4) is 11.6 Å². The number of carbonyl (C=O) groups is 1. The number of hydrogen-bond acceptors (Lipinski definition) is 4. The predicted octanol–water partition coefficient (Wildman–Crippen LogP) is 2.65. The maximum atomic E-state index is 13.9. The van der Waals surface area contributed by atoms with Crippen molar-refractivity contribution in [2.45, 2.75) is 13.5 Å². The molecule has 1 aromatic carbocycles. The molecule has 1 N–H and O–H groups in total. The lowest BCUT2D eigenvalue weighted by Crippen LogP contribution is -2.23. The topological polar surface area (TPSA) is 69.0 Å². The van der Waals surface area contributed by atoms with Gasteiger partial charge in [-0.2, -0.15) is 5.10 Å². The zero-order valence-electron chi connectivity index (χ0n) is 13.9.